The van der Waals surface area contributed by atoms with E-state index in [1.54, 1.807) is 0 Å². The standard InChI is InChI=1S/C17H21ClN2O/c1-4-19-13(3)14-8-9-17(16(18)10-14)21-11-15-7-5-6-12(2)20-15/h5-10,13,19H,4,11H2,1-3H3. The minimum atomic E-state index is 0.278. The number of hydrogen-bond donors (Lipinski definition) is 1. The number of pyridine rings is 1. The van der Waals surface area contributed by atoms with Crippen LogP contribution in [0.25, 0.3) is 0 Å². The van der Waals surface area contributed by atoms with Crippen molar-refractivity contribution >= 4 is 11.6 Å². The molecule has 0 saturated carbocycles. The molecule has 1 heterocycles. The molecule has 0 aliphatic heterocycles. The molecule has 1 atom stereocenters. The molecule has 1 aromatic carbocycles. The van der Waals surface area contributed by atoms with E-state index >= 15 is 0 Å². The summed E-state index contributed by atoms with van der Waals surface area (Å²) in [5.41, 5.74) is 3.04. The van der Waals surface area contributed by atoms with Crippen molar-refractivity contribution in [3.8, 4) is 5.75 Å². The van der Waals surface area contributed by atoms with Crippen molar-refractivity contribution < 1.29 is 4.74 Å². The van der Waals surface area contributed by atoms with Crippen molar-refractivity contribution in [2.45, 2.75) is 33.4 Å². The third-order valence-corrected chi connectivity index (χ3v) is 3.58. The molecule has 0 radical (unpaired) electrons. The Labute approximate surface area is 131 Å². The van der Waals surface area contributed by atoms with Crippen LogP contribution in [0.5, 0.6) is 5.75 Å². The minimum Gasteiger partial charge on any atom is -0.486 e. The average Bonchev–Trinajstić information content (AvgIpc) is 2.46. The molecule has 3 nitrogen and oxygen atoms in total. The van der Waals surface area contributed by atoms with Gasteiger partial charge in [-0.05, 0) is 50.2 Å². The van der Waals surface area contributed by atoms with Gasteiger partial charge in [0.05, 0.1) is 10.7 Å². The van der Waals surface area contributed by atoms with Gasteiger partial charge in [0.25, 0.3) is 0 Å². The van der Waals surface area contributed by atoms with Crippen molar-refractivity contribution in [1.82, 2.24) is 10.3 Å². The first kappa shape index (κ1) is 15.8. The van der Waals surface area contributed by atoms with E-state index in [1.165, 1.54) is 0 Å². The number of rotatable bonds is 6. The molecule has 0 aliphatic carbocycles. The second kappa shape index (κ2) is 7.43. The smallest absolute Gasteiger partial charge is 0.138 e. The van der Waals surface area contributed by atoms with Crippen molar-refractivity contribution in [3.05, 3.63) is 58.4 Å². The monoisotopic (exact) mass is 304 g/mol. The zero-order valence-corrected chi connectivity index (χ0v) is 13.4. The molecule has 1 unspecified atom stereocenters. The van der Waals surface area contributed by atoms with Gasteiger partial charge < -0.3 is 10.1 Å². The lowest BCUT2D eigenvalue weighted by atomic mass is 10.1. The number of ether oxygens (including phenoxy) is 1. The normalized spacial score (nSPS) is 12.2. The molecular weight excluding hydrogens is 284 g/mol. The second-order valence-electron chi connectivity index (χ2n) is 5.03. The van der Waals surface area contributed by atoms with Crippen LogP contribution in [0, 0.1) is 6.92 Å². The summed E-state index contributed by atoms with van der Waals surface area (Å²) >= 11 is 6.30. The van der Waals surface area contributed by atoms with Crippen LogP contribution < -0.4 is 10.1 Å². The average molecular weight is 305 g/mol. The van der Waals surface area contributed by atoms with Crippen LogP contribution in [0.1, 0.15) is 36.8 Å². The van der Waals surface area contributed by atoms with Gasteiger partial charge in [-0.15, -0.1) is 0 Å². The second-order valence-corrected chi connectivity index (χ2v) is 5.44. The first-order chi connectivity index (χ1) is 10.1. The molecule has 21 heavy (non-hydrogen) atoms. The fourth-order valence-electron chi connectivity index (χ4n) is 2.16. The van der Waals surface area contributed by atoms with E-state index in [1.807, 2.05) is 43.3 Å². The minimum absolute atomic E-state index is 0.278. The maximum atomic E-state index is 6.30. The Bertz CT molecular complexity index is 601. The van der Waals surface area contributed by atoms with Gasteiger partial charge in [-0.2, -0.15) is 0 Å². The summed E-state index contributed by atoms with van der Waals surface area (Å²) in [6, 6.07) is 12.1. The number of aromatic nitrogens is 1. The first-order valence-corrected chi connectivity index (χ1v) is 7.56. The molecule has 1 aromatic heterocycles. The molecule has 2 rings (SSSR count). The zero-order valence-electron chi connectivity index (χ0n) is 12.7. The Balaban J connectivity index is 2.04. The maximum Gasteiger partial charge on any atom is 0.138 e. The lowest BCUT2D eigenvalue weighted by molar-refractivity contribution is 0.301. The Kier molecular flexibility index (Phi) is 5.59. The summed E-state index contributed by atoms with van der Waals surface area (Å²) in [5.74, 6) is 0.687. The molecule has 0 spiro atoms. The van der Waals surface area contributed by atoms with Crippen LogP contribution in [0.2, 0.25) is 5.02 Å². The van der Waals surface area contributed by atoms with E-state index in [0.29, 0.717) is 17.4 Å². The molecule has 1 N–H and O–H groups in total. The van der Waals surface area contributed by atoms with Gasteiger partial charge in [0, 0.05) is 11.7 Å². The summed E-state index contributed by atoms with van der Waals surface area (Å²) in [5, 5.41) is 3.99. The number of nitrogens with one attached hydrogen (secondary N) is 1. The topological polar surface area (TPSA) is 34.1 Å². The van der Waals surface area contributed by atoms with E-state index in [2.05, 4.69) is 24.1 Å². The number of aryl methyl sites for hydroxylation is 1. The number of benzene rings is 1. The Hall–Kier alpha value is -1.58. The summed E-state index contributed by atoms with van der Waals surface area (Å²) in [7, 11) is 0. The molecule has 0 amide bonds. The highest BCUT2D eigenvalue weighted by molar-refractivity contribution is 6.32. The van der Waals surface area contributed by atoms with Gasteiger partial charge in [0.15, 0.2) is 0 Å². The highest BCUT2D eigenvalue weighted by atomic mass is 35.5. The van der Waals surface area contributed by atoms with Crippen LogP contribution in [-0.2, 0) is 6.61 Å². The van der Waals surface area contributed by atoms with E-state index in [-0.39, 0.29) is 6.04 Å². The fraction of sp³-hybridized carbons (Fsp3) is 0.353. The van der Waals surface area contributed by atoms with Gasteiger partial charge >= 0.3 is 0 Å². The molecule has 112 valence electrons. The largest absolute Gasteiger partial charge is 0.486 e. The van der Waals surface area contributed by atoms with Gasteiger partial charge in [-0.3, -0.25) is 4.98 Å². The van der Waals surface area contributed by atoms with Crippen LogP contribution >= 0.6 is 11.6 Å². The number of nitrogens with zero attached hydrogens (tertiary/aromatic N) is 1. The Morgan fingerprint density at radius 2 is 2.10 bits per heavy atom. The molecular formula is C17H21ClN2O. The van der Waals surface area contributed by atoms with Crippen molar-refractivity contribution in [2.24, 2.45) is 0 Å². The van der Waals surface area contributed by atoms with Crippen molar-refractivity contribution in [3.63, 3.8) is 0 Å². The SMILES string of the molecule is CCNC(C)c1ccc(OCc2cccc(C)n2)c(Cl)c1. The zero-order chi connectivity index (χ0) is 15.2. The highest BCUT2D eigenvalue weighted by Gasteiger charge is 2.08. The summed E-state index contributed by atoms with van der Waals surface area (Å²) in [6.07, 6.45) is 0. The lowest BCUT2D eigenvalue weighted by Crippen LogP contribution is -2.17. The van der Waals surface area contributed by atoms with Crippen LogP contribution in [-0.4, -0.2) is 11.5 Å². The highest BCUT2D eigenvalue weighted by Crippen LogP contribution is 2.28. The van der Waals surface area contributed by atoms with E-state index in [0.717, 1.165) is 23.5 Å². The van der Waals surface area contributed by atoms with Crippen molar-refractivity contribution in [1.29, 1.82) is 0 Å². The molecule has 0 fully saturated rings. The molecule has 0 saturated heterocycles. The van der Waals surface area contributed by atoms with Crippen molar-refractivity contribution in [2.75, 3.05) is 6.54 Å². The Morgan fingerprint density at radius 1 is 1.29 bits per heavy atom. The van der Waals surface area contributed by atoms with E-state index in [4.69, 9.17) is 16.3 Å². The van der Waals surface area contributed by atoms with Gasteiger partial charge in [-0.1, -0.05) is 30.7 Å². The third kappa shape index (κ3) is 4.45. The third-order valence-electron chi connectivity index (χ3n) is 3.29. The predicted molar refractivity (Wildman–Crippen MR) is 86.8 cm³/mol. The summed E-state index contributed by atoms with van der Waals surface area (Å²) in [4.78, 5) is 4.41. The number of halogens is 1. The van der Waals surface area contributed by atoms with E-state index < -0.39 is 0 Å². The summed E-state index contributed by atoms with van der Waals surface area (Å²) < 4.78 is 5.76. The van der Waals surface area contributed by atoms with E-state index in [9.17, 15) is 0 Å². The van der Waals surface area contributed by atoms with Crippen LogP contribution in [0.15, 0.2) is 36.4 Å². The molecule has 4 heteroatoms. The first-order valence-electron chi connectivity index (χ1n) is 7.18. The summed E-state index contributed by atoms with van der Waals surface area (Å²) in [6.45, 7) is 7.52. The van der Waals surface area contributed by atoms with Crippen LogP contribution in [0.3, 0.4) is 0 Å². The van der Waals surface area contributed by atoms with Gasteiger partial charge in [0.2, 0.25) is 0 Å². The predicted octanol–water partition coefficient (Wildman–Crippen LogP) is 4.29. The molecule has 2 aromatic rings. The lowest BCUT2D eigenvalue weighted by Gasteiger charge is -2.15. The number of hydrogen-bond acceptors (Lipinski definition) is 3. The fourth-order valence-corrected chi connectivity index (χ4v) is 2.40. The van der Waals surface area contributed by atoms with Gasteiger partial charge in [0.1, 0.15) is 12.4 Å². The van der Waals surface area contributed by atoms with Crippen LogP contribution in [0.4, 0.5) is 0 Å². The molecule has 0 bridgehead atoms. The van der Waals surface area contributed by atoms with Gasteiger partial charge in [-0.25, -0.2) is 0 Å². The Morgan fingerprint density at radius 3 is 2.76 bits per heavy atom. The quantitative estimate of drug-likeness (QED) is 0.864. The molecule has 0 aliphatic rings. The maximum absolute atomic E-state index is 6.30.